The molecule has 0 saturated carbocycles. The van der Waals surface area contributed by atoms with Crippen molar-refractivity contribution in [2.45, 2.75) is 23.9 Å². The molecule has 7 nitrogen and oxygen atoms in total. The first-order valence-electron chi connectivity index (χ1n) is 8.46. The summed E-state index contributed by atoms with van der Waals surface area (Å²) < 4.78 is 1.67. The van der Waals surface area contributed by atoms with E-state index in [0.717, 1.165) is 21.7 Å². The van der Waals surface area contributed by atoms with E-state index in [1.54, 1.807) is 4.68 Å². The summed E-state index contributed by atoms with van der Waals surface area (Å²) in [6.45, 7) is 4.00. The smallest absolute Gasteiger partial charge is 0.234 e. The maximum atomic E-state index is 12.4. The highest BCUT2D eigenvalue weighted by atomic mass is 32.2. The lowest BCUT2D eigenvalue weighted by atomic mass is 10.1. The third kappa shape index (κ3) is 4.71. The van der Waals surface area contributed by atoms with Gasteiger partial charge in [-0.25, -0.2) is 0 Å². The van der Waals surface area contributed by atoms with Crippen molar-refractivity contribution in [3.8, 4) is 11.8 Å². The number of carbonyl (C=O) groups excluding carboxylic acids is 1. The number of thioether (sulfide) groups is 2. The van der Waals surface area contributed by atoms with Crippen LogP contribution in [0.5, 0.6) is 0 Å². The zero-order valence-corrected chi connectivity index (χ0v) is 17.0. The zero-order chi connectivity index (χ0) is 19.9. The Bertz CT molecular complexity index is 1010. The molecule has 0 aliphatic heterocycles. The Morgan fingerprint density at radius 3 is 2.64 bits per heavy atom. The van der Waals surface area contributed by atoms with Gasteiger partial charge in [0, 0.05) is 4.90 Å². The zero-order valence-electron chi connectivity index (χ0n) is 15.4. The average molecular weight is 411 g/mol. The number of rotatable bonds is 7. The van der Waals surface area contributed by atoms with Crippen molar-refractivity contribution in [3.05, 3.63) is 53.6 Å². The summed E-state index contributed by atoms with van der Waals surface area (Å²) in [6.07, 6.45) is 0. The third-order valence-corrected chi connectivity index (χ3v) is 5.74. The number of carbonyl (C=O) groups is 1. The summed E-state index contributed by atoms with van der Waals surface area (Å²) in [5.74, 6) is 0.334. The topological polar surface area (TPSA) is 96.5 Å². The van der Waals surface area contributed by atoms with E-state index < -0.39 is 0 Å². The maximum Gasteiger partial charge on any atom is 0.234 e. The monoisotopic (exact) mass is 410 g/mol. The Morgan fingerprint density at radius 2 is 1.89 bits per heavy atom. The summed E-state index contributed by atoms with van der Waals surface area (Å²) in [7, 11) is 0. The fourth-order valence-corrected chi connectivity index (χ4v) is 4.02. The fraction of sp³-hybridized carbons (Fsp3) is 0.211. The van der Waals surface area contributed by atoms with Gasteiger partial charge in [0.25, 0.3) is 0 Å². The van der Waals surface area contributed by atoms with Crippen LogP contribution in [0.4, 0.5) is 5.69 Å². The first-order chi connectivity index (χ1) is 13.6. The molecule has 9 heteroatoms. The van der Waals surface area contributed by atoms with E-state index in [0.29, 0.717) is 16.6 Å². The van der Waals surface area contributed by atoms with Crippen LogP contribution in [0.25, 0.3) is 5.69 Å². The molecule has 1 N–H and O–H groups in total. The van der Waals surface area contributed by atoms with Crippen molar-refractivity contribution in [2.24, 2.45) is 0 Å². The molecule has 28 heavy (non-hydrogen) atoms. The van der Waals surface area contributed by atoms with E-state index >= 15 is 0 Å². The van der Waals surface area contributed by atoms with Crippen LogP contribution < -0.4 is 5.32 Å². The Morgan fingerprint density at radius 1 is 1.14 bits per heavy atom. The van der Waals surface area contributed by atoms with E-state index in [-0.39, 0.29) is 11.7 Å². The summed E-state index contributed by atoms with van der Waals surface area (Å²) >= 11 is 2.66. The molecule has 0 aliphatic rings. The van der Waals surface area contributed by atoms with E-state index in [1.807, 2.05) is 56.3 Å². The summed E-state index contributed by atoms with van der Waals surface area (Å²) in [5, 5.41) is 24.1. The van der Waals surface area contributed by atoms with Crippen LogP contribution in [0.2, 0.25) is 0 Å². The van der Waals surface area contributed by atoms with Crippen LogP contribution in [0, 0.1) is 25.2 Å². The van der Waals surface area contributed by atoms with Gasteiger partial charge in [-0.2, -0.15) is 9.94 Å². The predicted octanol–water partition coefficient (Wildman–Crippen LogP) is 3.63. The van der Waals surface area contributed by atoms with Crippen LogP contribution in [-0.4, -0.2) is 37.6 Å². The van der Waals surface area contributed by atoms with Crippen molar-refractivity contribution in [1.82, 2.24) is 20.2 Å². The highest BCUT2D eigenvalue weighted by molar-refractivity contribution is 8.00. The molecule has 0 unspecified atom stereocenters. The number of benzene rings is 2. The molecular formula is C19H18N6OS2. The number of aromatic nitrogens is 4. The molecule has 0 atom stereocenters. The largest absolute Gasteiger partial charge is 0.324 e. The quantitative estimate of drug-likeness (QED) is 0.594. The Labute approximate surface area is 171 Å². The Hall–Kier alpha value is -2.83. The van der Waals surface area contributed by atoms with E-state index in [1.165, 1.54) is 23.5 Å². The number of nitrogens with zero attached hydrogens (tertiary/aromatic N) is 5. The molecule has 3 rings (SSSR count). The lowest BCUT2D eigenvalue weighted by Gasteiger charge is -2.11. The summed E-state index contributed by atoms with van der Waals surface area (Å²) in [6, 6.07) is 15.5. The number of hydrogen-bond acceptors (Lipinski definition) is 7. The first-order valence-corrected chi connectivity index (χ1v) is 10.4. The Kier molecular flexibility index (Phi) is 6.68. The second-order valence-electron chi connectivity index (χ2n) is 5.89. The maximum absolute atomic E-state index is 12.4. The van der Waals surface area contributed by atoms with Crippen LogP contribution >= 0.6 is 23.5 Å². The minimum Gasteiger partial charge on any atom is -0.324 e. The molecule has 3 aromatic rings. The molecule has 0 aliphatic carbocycles. The molecule has 0 fully saturated rings. The summed E-state index contributed by atoms with van der Waals surface area (Å²) in [4.78, 5) is 13.3. The minimum atomic E-state index is -0.161. The minimum absolute atomic E-state index is 0.161. The number of nitrogens with one attached hydrogen (secondary N) is 1. The normalized spacial score (nSPS) is 10.5. The number of tetrazole rings is 1. The van der Waals surface area contributed by atoms with Gasteiger partial charge in [-0.1, -0.05) is 42.1 Å². The SMILES string of the molecule is Cc1cccc(C)c1-n1nnnc1SCC(=O)Nc1ccccc1SCC#N. The predicted molar refractivity (Wildman–Crippen MR) is 111 cm³/mol. The van der Waals surface area contributed by atoms with Crippen molar-refractivity contribution in [1.29, 1.82) is 5.26 Å². The molecule has 1 aromatic heterocycles. The van der Waals surface area contributed by atoms with Crippen molar-refractivity contribution in [2.75, 3.05) is 16.8 Å². The molecule has 142 valence electrons. The average Bonchev–Trinajstić information content (AvgIpc) is 3.14. The van der Waals surface area contributed by atoms with Crippen LogP contribution in [0.15, 0.2) is 52.5 Å². The molecular weight excluding hydrogens is 392 g/mol. The third-order valence-electron chi connectivity index (χ3n) is 3.88. The van der Waals surface area contributed by atoms with Gasteiger partial charge in [-0.15, -0.1) is 16.9 Å². The second kappa shape index (κ2) is 9.39. The number of para-hydroxylation sites is 2. The van der Waals surface area contributed by atoms with Crippen molar-refractivity contribution >= 4 is 35.1 Å². The van der Waals surface area contributed by atoms with Gasteiger partial charge in [-0.05, 0) is 47.5 Å². The molecule has 1 heterocycles. The van der Waals surface area contributed by atoms with Gasteiger partial charge in [0.2, 0.25) is 11.1 Å². The van der Waals surface area contributed by atoms with Crippen molar-refractivity contribution in [3.63, 3.8) is 0 Å². The van der Waals surface area contributed by atoms with Gasteiger partial charge in [0.05, 0.1) is 28.9 Å². The first kappa shape index (κ1) is 19.9. The van der Waals surface area contributed by atoms with E-state index in [4.69, 9.17) is 5.26 Å². The van der Waals surface area contributed by atoms with Gasteiger partial charge >= 0.3 is 0 Å². The lowest BCUT2D eigenvalue weighted by Crippen LogP contribution is -2.15. The Balaban J connectivity index is 1.69. The molecule has 1 amide bonds. The van der Waals surface area contributed by atoms with Gasteiger partial charge in [-0.3, -0.25) is 4.79 Å². The fourth-order valence-electron chi connectivity index (χ4n) is 2.67. The molecule has 2 aromatic carbocycles. The number of amides is 1. The second-order valence-corrected chi connectivity index (χ2v) is 7.85. The van der Waals surface area contributed by atoms with Gasteiger partial charge in [0.1, 0.15) is 0 Å². The summed E-state index contributed by atoms with van der Waals surface area (Å²) in [5.41, 5.74) is 3.74. The van der Waals surface area contributed by atoms with Crippen LogP contribution in [0.1, 0.15) is 11.1 Å². The lowest BCUT2D eigenvalue weighted by molar-refractivity contribution is -0.113. The highest BCUT2D eigenvalue weighted by Crippen LogP contribution is 2.27. The number of nitriles is 1. The van der Waals surface area contributed by atoms with E-state index in [9.17, 15) is 4.79 Å². The number of hydrogen-bond donors (Lipinski definition) is 1. The van der Waals surface area contributed by atoms with Crippen molar-refractivity contribution < 1.29 is 4.79 Å². The molecule has 0 radical (unpaired) electrons. The number of anilines is 1. The number of aryl methyl sites for hydroxylation is 2. The molecule has 0 saturated heterocycles. The van der Waals surface area contributed by atoms with E-state index in [2.05, 4.69) is 26.9 Å². The van der Waals surface area contributed by atoms with Crippen LogP contribution in [-0.2, 0) is 4.79 Å². The van der Waals surface area contributed by atoms with Gasteiger partial charge < -0.3 is 5.32 Å². The van der Waals surface area contributed by atoms with Crippen LogP contribution in [0.3, 0.4) is 0 Å². The highest BCUT2D eigenvalue weighted by Gasteiger charge is 2.15. The molecule has 0 bridgehead atoms. The van der Waals surface area contributed by atoms with Gasteiger partial charge in [0.15, 0.2) is 0 Å². The molecule has 0 spiro atoms. The standard InChI is InChI=1S/C19H18N6OS2/c1-13-6-5-7-14(2)18(13)25-19(22-23-24-25)28-12-17(26)21-15-8-3-4-9-16(15)27-11-10-20/h3-9H,11-12H2,1-2H3,(H,21,26).